The fourth-order valence-corrected chi connectivity index (χ4v) is 3.49. The molecule has 3 rings (SSSR count). The number of hydrogen-bond donors (Lipinski definition) is 3. The fraction of sp³-hybridized carbons (Fsp3) is 0.450. The van der Waals surface area contributed by atoms with Crippen molar-refractivity contribution in [2.75, 3.05) is 25.9 Å². The molecule has 144 valence electrons. The summed E-state index contributed by atoms with van der Waals surface area (Å²) in [7, 11) is 1.64. The van der Waals surface area contributed by atoms with Gasteiger partial charge in [0.2, 0.25) is 0 Å². The maximum Gasteiger partial charge on any atom is 0.251 e. The molecule has 0 aliphatic carbocycles. The molecule has 1 aliphatic rings. The van der Waals surface area contributed by atoms with Crippen LogP contribution in [0.2, 0.25) is 0 Å². The van der Waals surface area contributed by atoms with Crippen molar-refractivity contribution >= 4 is 11.7 Å². The van der Waals surface area contributed by atoms with E-state index in [1.54, 1.807) is 19.3 Å². The molecule has 0 bridgehead atoms. The molecule has 1 fully saturated rings. The standard InChI is InChI=1S/C20H28N6O/c1-22-20(27)16-6-4-15(5-7-16)13-26(17-3-2-10-23-11-8-17)14-19-24-12-9-18(21)25-19/h4-7,9,12,17,23H,2-3,8,10-11,13-14H2,1H3,(H,22,27)(H2,21,24,25)/t17-/m1/s1. The van der Waals surface area contributed by atoms with Gasteiger partial charge in [-0.1, -0.05) is 12.1 Å². The van der Waals surface area contributed by atoms with Gasteiger partial charge in [-0.15, -0.1) is 0 Å². The lowest BCUT2D eigenvalue weighted by atomic mass is 10.0. The molecule has 0 spiro atoms. The van der Waals surface area contributed by atoms with Crippen molar-refractivity contribution in [3.8, 4) is 0 Å². The second-order valence-corrected chi connectivity index (χ2v) is 6.91. The van der Waals surface area contributed by atoms with Crippen molar-refractivity contribution in [3.05, 3.63) is 53.5 Å². The molecule has 1 amide bonds. The lowest BCUT2D eigenvalue weighted by Crippen LogP contribution is -2.35. The van der Waals surface area contributed by atoms with E-state index < -0.39 is 0 Å². The monoisotopic (exact) mass is 368 g/mol. The van der Waals surface area contributed by atoms with Gasteiger partial charge in [-0.05, 0) is 56.1 Å². The minimum absolute atomic E-state index is 0.0681. The van der Waals surface area contributed by atoms with Gasteiger partial charge in [-0.3, -0.25) is 9.69 Å². The first-order valence-corrected chi connectivity index (χ1v) is 9.49. The number of aromatic nitrogens is 2. The van der Waals surface area contributed by atoms with Gasteiger partial charge in [0, 0.05) is 31.4 Å². The molecule has 7 nitrogen and oxygen atoms in total. The lowest BCUT2D eigenvalue weighted by Gasteiger charge is -2.30. The number of amides is 1. The summed E-state index contributed by atoms with van der Waals surface area (Å²) in [5.74, 6) is 1.17. The third kappa shape index (κ3) is 5.48. The molecule has 0 radical (unpaired) electrons. The molecule has 0 saturated carbocycles. The number of rotatable bonds is 6. The van der Waals surface area contributed by atoms with Crippen molar-refractivity contribution in [2.45, 2.75) is 38.4 Å². The summed E-state index contributed by atoms with van der Waals surface area (Å²) < 4.78 is 0. The molecule has 1 saturated heterocycles. The molecular weight excluding hydrogens is 340 g/mol. The van der Waals surface area contributed by atoms with Gasteiger partial charge >= 0.3 is 0 Å². The van der Waals surface area contributed by atoms with Crippen LogP contribution in [0.5, 0.6) is 0 Å². The Morgan fingerprint density at radius 2 is 2.04 bits per heavy atom. The number of hydrogen-bond acceptors (Lipinski definition) is 6. The Hall–Kier alpha value is -2.51. The van der Waals surface area contributed by atoms with E-state index >= 15 is 0 Å². The second kappa shape index (κ2) is 9.43. The molecule has 1 aliphatic heterocycles. The van der Waals surface area contributed by atoms with Gasteiger partial charge in [0.25, 0.3) is 5.91 Å². The summed E-state index contributed by atoms with van der Waals surface area (Å²) in [5.41, 5.74) is 7.67. The highest BCUT2D eigenvalue weighted by molar-refractivity contribution is 5.93. The minimum Gasteiger partial charge on any atom is -0.384 e. The maximum absolute atomic E-state index is 11.7. The van der Waals surface area contributed by atoms with Crippen molar-refractivity contribution in [1.29, 1.82) is 0 Å². The van der Waals surface area contributed by atoms with Gasteiger partial charge in [0.1, 0.15) is 11.6 Å². The molecule has 1 atom stereocenters. The number of carbonyl (C=O) groups is 1. The smallest absolute Gasteiger partial charge is 0.251 e. The Kier molecular flexibility index (Phi) is 6.73. The van der Waals surface area contributed by atoms with Gasteiger partial charge in [0.15, 0.2) is 0 Å². The van der Waals surface area contributed by atoms with Crippen LogP contribution in [0, 0.1) is 0 Å². The number of carbonyl (C=O) groups excluding carboxylic acids is 1. The van der Waals surface area contributed by atoms with Gasteiger partial charge in [0.05, 0.1) is 6.54 Å². The first-order valence-electron chi connectivity index (χ1n) is 9.49. The number of nitrogens with one attached hydrogen (secondary N) is 2. The number of anilines is 1. The van der Waals surface area contributed by atoms with Crippen LogP contribution in [0.25, 0.3) is 0 Å². The molecule has 4 N–H and O–H groups in total. The number of nitrogens with two attached hydrogens (primary N) is 1. The van der Waals surface area contributed by atoms with Gasteiger partial charge in [-0.25, -0.2) is 9.97 Å². The Morgan fingerprint density at radius 3 is 2.78 bits per heavy atom. The zero-order chi connectivity index (χ0) is 19.1. The third-order valence-electron chi connectivity index (χ3n) is 4.96. The van der Waals surface area contributed by atoms with E-state index in [9.17, 15) is 4.79 Å². The predicted molar refractivity (Wildman–Crippen MR) is 106 cm³/mol. The Balaban J connectivity index is 1.77. The quantitative estimate of drug-likeness (QED) is 0.716. The summed E-state index contributed by atoms with van der Waals surface area (Å²) in [6.45, 7) is 3.54. The van der Waals surface area contributed by atoms with Crippen LogP contribution in [-0.4, -0.2) is 47.0 Å². The Morgan fingerprint density at radius 1 is 1.22 bits per heavy atom. The highest BCUT2D eigenvalue weighted by Crippen LogP contribution is 2.19. The van der Waals surface area contributed by atoms with Crippen LogP contribution in [-0.2, 0) is 13.1 Å². The van der Waals surface area contributed by atoms with Crippen molar-refractivity contribution in [2.24, 2.45) is 0 Å². The van der Waals surface area contributed by atoms with Crippen molar-refractivity contribution in [1.82, 2.24) is 25.5 Å². The van der Waals surface area contributed by atoms with E-state index in [0.717, 1.165) is 44.7 Å². The molecule has 7 heteroatoms. The average molecular weight is 368 g/mol. The number of nitrogen functional groups attached to an aromatic ring is 1. The zero-order valence-electron chi connectivity index (χ0n) is 15.8. The average Bonchev–Trinajstić information content (AvgIpc) is 2.97. The molecule has 0 unspecified atom stereocenters. The minimum atomic E-state index is -0.0681. The zero-order valence-corrected chi connectivity index (χ0v) is 15.8. The van der Waals surface area contributed by atoms with Gasteiger partial charge in [-0.2, -0.15) is 0 Å². The highest BCUT2D eigenvalue weighted by atomic mass is 16.1. The first kappa shape index (κ1) is 19.3. The summed E-state index contributed by atoms with van der Waals surface area (Å²) in [4.78, 5) is 22.9. The molecule has 1 aromatic heterocycles. The maximum atomic E-state index is 11.7. The summed E-state index contributed by atoms with van der Waals surface area (Å²) in [6, 6.07) is 9.96. The third-order valence-corrected chi connectivity index (χ3v) is 4.96. The molecule has 2 heterocycles. The molecule has 27 heavy (non-hydrogen) atoms. The van der Waals surface area contributed by atoms with Crippen LogP contribution < -0.4 is 16.4 Å². The van der Waals surface area contributed by atoms with E-state index in [4.69, 9.17) is 5.73 Å². The van der Waals surface area contributed by atoms with Crippen LogP contribution >= 0.6 is 0 Å². The molecular formula is C20H28N6O. The van der Waals surface area contributed by atoms with Crippen LogP contribution in [0.4, 0.5) is 5.82 Å². The topological polar surface area (TPSA) is 96.2 Å². The van der Waals surface area contributed by atoms with Crippen LogP contribution in [0.15, 0.2) is 36.5 Å². The summed E-state index contributed by atoms with van der Waals surface area (Å²) in [6.07, 6.45) is 5.11. The SMILES string of the molecule is CNC(=O)c1ccc(CN(Cc2nccc(N)n2)[C@@H]2CCCNCC2)cc1. The normalized spacial score (nSPS) is 17.5. The van der Waals surface area contributed by atoms with E-state index in [0.29, 0.717) is 24.0 Å². The first-order chi connectivity index (χ1) is 13.2. The van der Waals surface area contributed by atoms with E-state index in [2.05, 4.69) is 25.5 Å². The van der Waals surface area contributed by atoms with E-state index in [1.165, 1.54) is 5.56 Å². The Bertz CT molecular complexity index is 740. The number of nitrogens with zero attached hydrogens (tertiary/aromatic N) is 3. The largest absolute Gasteiger partial charge is 0.384 e. The summed E-state index contributed by atoms with van der Waals surface area (Å²) >= 11 is 0. The predicted octanol–water partition coefficient (Wildman–Crippen LogP) is 1.56. The van der Waals surface area contributed by atoms with E-state index in [-0.39, 0.29) is 5.91 Å². The van der Waals surface area contributed by atoms with Crippen LogP contribution in [0.3, 0.4) is 0 Å². The fourth-order valence-electron chi connectivity index (χ4n) is 3.49. The highest BCUT2D eigenvalue weighted by Gasteiger charge is 2.21. The second-order valence-electron chi connectivity index (χ2n) is 6.91. The van der Waals surface area contributed by atoms with Crippen molar-refractivity contribution < 1.29 is 4.79 Å². The lowest BCUT2D eigenvalue weighted by molar-refractivity contribution is 0.0963. The van der Waals surface area contributed by atoms with Gasteiger partial charge < -0.3 is 16.4 Å². The Labute approximate surface area is 160 Å². The number of benzene rings is 1. The molecule has 1 aromatic carbocycles. The molecule has 2 aromatic rings. The van der Waals surface area contributed by atoms with Crippen molar-refractivity contribution in [3.63, 3.8) is 0 Å². The van der Waals surface area contributed by atoms with E-state index in [1.807, 2.05) is 24.3 Å². The summed E-state index contributed by atoms with van der Waals surface area (Å²) in [5, 5.41) is 6.13. The van der Waals surface area contributed by atoms with Crippen LogP contribution in [0.1, 0.15) is 41.0 Å².